The van der Waals surface area contributed by atoms with Crippen molar-refractivity contribution in [2.45, 2.75) is 19.9 Å². The van der Waals surface area contributed by atoms with Crippen molar-refractivity contribution in [3.63, 3.8) is 0 Å². The number of carbonyl (C=O) groups excluding carboxylic acids is 1. The summed E-state index contributed by atoms with van der Waals surface area (Å²) < 4.78 is 45.3. The summed E-state index contributed by atoms with van der Waals surface area (Å²) in [7, 11) is 0. The van der Waals surface area contributed by atoms with Crippen LogP contribution < -0.4 is 10.1 Å². The average Bonchev–Trinajstić information content (AvgIpc) is 2.99. The van der Waals surface area contributed by atoms with Gasteiger partial charge < -0.3 is 19.7 Å². The van der Waals surface area contributed by atoms with Crippen molar-refractivity contribution in [3.05, 3.63) is 41.6 Å². The van der Waals surface area contributed by atoms with Crippen LogP contribution in [0.15, 0.2) is 36.0 Å². The first kappa shape index (κ1) is 16.5. The zero-order chi connectivity index (χ0) is 17.4. The minimum atomic E-state index is -4.72. The van der Waals surface area contributed by atoms with Crippen molar-refractivity contribution in [3.8, 4) is 5.75 Å². The molecule has 1 amide bonds. The number of likely N-dealkylation sites (tertiary alicyclic amines) is 1. The van der Waals surface area contributed by atoms with Crippen molar-refractivity contribution in [1.29, 1.82) is 0 Å². The van der Waals surface area contributed by atoms with Crippen LogP contribution in [0.4, 0.5) is 18.0 Å². The van der Waals surface area contributed by atoms with E-state index in [4.69, 9.17) is 4.74 Å². The normalized spacial score (nSPS) is 22.7. The van der Waals surface area contributed by atoms with E-state index >= 15 is 0 Å². The first-order valence-electron chi connectivity index (χ1n) is 7.44. The summed E-state index contributed by atoms with van der Waals surface area (Å²) in [5.41, 5.74) is 1.72. The second kappa shape index (κ2) is 5.92. The Hall–Kier alpha value is -2.38. The van der Waals surface area contributed by atoms with E-state index < -0.39 is 12.5 Å². The van der Waals surface area contributed by atoms with E-state index in [1.165, 1.54) is 29.8 Å². The van der Waals surface area contributed by atoms with Crippen LogP contribution in [0.25, 0.3) is 0 Å². The van der Waals surface area contributed by atoms with E-state index in [0.29, 0.717) is 18.7 Å². The minimum Gasteiger partial charge on any atom is -0.445 e. The zero-order valence-electron chi connectivity index (χ0n) is 13.0. The van der Waals surface area contributed by atoms with E-state index in [1.807, 2.05) is 6.20 Å². The van der Waals surface area contributed by atoms with E-state index in [9.17, 15) is 18.0 Å². The Morgan fingerprint density at radius 3 is 2.67 bits per heavy atom. The third-order valence-electron chi connectivity index (χ3n) is 4.22. The molecule has 0 radical (unpaired) electrons. The van der Waals surface area contributed by atoms with Gasteiger partial charge in [-0.15, -0.1) is 13.2 Å². The van der Waals surface area contributed by atoms with Gasteiger partial charge in [-0.1, -0.05) is 19.1 Å². The Morgan fingerprint density at radius 2 is 2.04 bits per heavy atom. The van der Waals surface area contributed by atoms with Gasteiger partial charge in [0.15, 0.2) is 0 Å². The summed E-state index contributed by atoms with van der Waals surface area (Å²) in [4.78, 5) is 13.8. The number of fused-ring (bicyclic) bond motifs is 1. The van der Waals surface area contributed by atoms with Crippen molar-refractivity contribution in [1.82, 2.24) is 10.2 Å². The number of halogens is 3. The van der Waals surface area contributed by atoms with Crippen LogP contribution in [0.2, 0.25) is 0 Å². The van der Waals surface area contributed by atoms with Crippen molar-refractivity contribution >= 4 is 6.09 Å². The fourth-order valence-corrected chi connectivity index (χ4v) is 2.92. The lowest BCUT2D eigenvalue weighted by Crippen LogP contribution is -2.34. The largest absolute Gasteiger partial charge is 0.573 e. The fourth-order valence-electron chi connectivity index (χ4n) is 2.92. The summed E-state index contributed by atoms with van der Waals surface area (Å²) in [5.74, 6) is -0.308. The van der Waals surface area contributed by atoms with E-state index in [-0.39, 0.29) is 17.8 Å². The third-order valence-corrected chi connectivity index (χ3v) is 4.22. The molecule has 8 heteroatoms. The zero-order valence-corrected chi connectivity index (χ0v) is 13.0. The summed E-state index contributed by atoms with van der Waals surface area (Å²) in [6.07, 6.45) is -3.21. The molecule has 1 aromatic rings. The van der Waals surface area contributed by atoms with Gasteiger partial charge in [0, 0.05) is 25.0 Å². The smallest absolute Gasteiger partial charge is 0.445 e. The molecule has 1 unspecified atom stereocenters. The molecule has 1 aromatic carbocycles. The highest BCUT2D eigenvalue weighted by Crippen LogP contribution is 2.37. The van der Waals surface area contributed by atoms with Gasteiger partial charge in [-0.2, -0.15) is 0 Å². The molecular formula is C16H17F3N2O3. The Kier molecular flexibility index (Phi) is 4.06. The number of hydrogen-bond acceptors (Lipinski definition) is 4. The second-order valence-corrected chi connectivity index (χ2v) is 6.21. The first-order valence-corrected chi connectivity index (χ1v) is 7.44. The second-order valence-electron chi connectivity index (χ2n) is 6.21. The molecule has 2 aliphatic heterocycles. The lowest BCUT2D eigenvalue weighted by atomic mass is 9.88. The van der Waals surface area contributed by atoms with Crippen molar-refractivity contribution in [2.24, 2.45) is 5.41 Å². The molecule has 0 saturated carbocycles. The molecule has 1 N–H and O–H groups in total. The summed E-state index contributed by atoms with van der Waals surface area (Å²) >= 11 is 0. The van der Waals surface area contributed by atoms with Crippen LogP contribution in [-0.4, -0.2) is 37.0 Å². The SMILES string of the molecule is CC12CNC=C1CN(C(=O)OCc1ccc(OC(F)(F)F)cc1)C2. The molecule has 0 spiro atoms. The lowest BCUT2D eigenvalue weighted by Gasteiger charge is -2.21. The maximum Gasteiger partial charge on any atom is 0.573 e. The predicted octanol–water partition coefficient (Wildman–Crippen LogP) is 3.03. The number of nitrogens with one attached hydrogen (secondary N) is 1. The van der Waals surface area contributed by atoms with E-state index in [2.05, 4.69) is 17.0 Å². The van der Waals surface area contributed by atoms with Gasteiger partial charge in [0.25, 0.3) is 0 Å². The lowest BCUT2D eigenvalue weighted by molar-refractivity contribution is -0.274. The molecule has 5 nitrogen and oxygen atoms in total. The Morgan fingerprint density at radius 1 is 1.33 bits per heavy atom. The van der Waals surface area contributed by atoms with Crippen LogP contribution in [0.5, 0.6) is 5.75 Å². The van der Waals surface area contributed by atoms with Gasteiger partial charge in [0.1, 0.15) is 12.4 Å². The highest BCUT2D eigenvalue weighted by atomic mass is 19.4. The molecule has 24 heavy (non-hydrogen) atoms. The number of rotatable bonds is 3. The number of ether oxygens (including phenoxy) is 2. The first-order chi connectivity index (χ1) is 11.3. The van der Waals surface area contributed by atoms with Gasteiger partial charge in [0.05, 0.1) is 0 Å². The highest BCUT2D eigenvalue weighted by molar-refractivity contribution is 5.69. The summed E-state index contributed by atoms with van der Waals surface area (Å²) in [5, 5.41) is 3.17. The number of benzene rings is 1. The standard InChI is InChI=1S/C16H17F3N2O3/c1-15-9-20-6-12(15)7-21(10-15)14(22)23-8-11-2-4-13(5-3-11)24-16(17,18)19/h2-6,20H,7-10H2,1H3. The Balaban J connectivity index is 1.52. The molecule has 130 valence electrons. The molecule has 2 aliphatic rings. The average molecular weight is 342 g/mol. The van der Waals surface area contributed by atoms with Gasteiger partial charge >= 0.3 is 12.5 Å². The molecule has 1 saturated heterocycles. The van der Waals surface area contributed by atoms with Crippen LogP contribution in [0.1, 0.15) is 12.5 Å². The number of nitrogens with zero attached hydrogens (tertiary/aromatic N) is 1. The van der Waals surface area contributed by atoms with Crippen LogP contribution in [-0.2, 0) is 11.3 Å². The molecular weight excluding hydrogens is 325 g/mol. The minimum absolute atomic E-state index is 0.00432. The maximum atomic E-state index is 12.1. The number of hydrogen-bond donors (Lipinski definition) is 1. The van der Waals surface area contributed by atoms with Gasteiger partial charge in [-0.3, -0.25) is 0 Å². The number of alkyl halides is 3. The number of carbonyl (C=O) groups is 1. The topological polar surface area (TPSA) is 50.8 Å². The van der Waals surface area contributed by atoms with Gasteiger partial charge in [-0.25, -0.2) is 4.79 Å². The quantitative estimate of drug-likeness (QED) is 0.917. The predicted molar refractivity (Wildman–Crippen MR) is 79.1 cm³/mol. The molecule has 1 atom stereocenters. The van der Waals surface area contributed by atoms with Crippen LogP contribution >= 0.6 is 0 Å². The molecule has 0 aliphatic carbocycles. The van der Waals surface area contributed by atoms with Crippen molar-refractivity contribution < 1.29 is 27.4 Å². The highest BCUT2D eigenvalue weighted by Gasteiger charge is 2.43. The van der Waals surface area contributed by atoms with Crippen LogP contribution in [0, 0.1) is 5.41 Å². The van der Waals surface area contributed by atoms with Gasteiger partial charge in [-0.05, 0) is 29.5 Å². The van der Waals surface area contributed by atoms with Crippen molar-refractivity contribution in [2.75, 3.05) is 19.6 Å². The fraction of sp³-hybridized carbons (Fsp3) is 0.438. The molecule has 2 heterocycles. The molecule has 0 bridgehead atoms. The van der Waals surface area contributed by atoms with Gasteiger partial charge in [0.2, 0.25) is 0 Å². The molecule has 3 rings (SSSR count). The molecule has 1 fully saturated rings. The summed E-state index contributed by atoms with van der Waals surface area (Å²) in [6.45, 7) is 4.00. The Bertz CT molecular complexity index is 658. The summed E-state index contributed by atoms with van der Waals surface area (Å²) in [6, 6.07) is 5.24. The van der Waals surface area contributed by atoms with E-state index in [0.717, 1.165) is 6.54 Å². The maximum absolute atomic E-state index is 12.1. The van der Waals surface area contributed by atoms with Crippen LogP contribution in [0.3, 0.4) is 0 Å². The third kappa shape index (κ3) is 3.58. The Labute approximate surface area is 137 Å². The van der Waals surface area contributed by atoms with E-state index in [1.54, 1.807) is 4.90 Å². The molecule has 0 aromatic heterocycles. The monoisotopic (exact) mass is 342 g/mol. The number of amides is 1.